The van der Waals surface area contributed by atoms with Gasteiger partial charge in [0.05, 0.1) is 0 Å². The third kappa shape index (κ3) is 1.07. The quantitative estimate of drug-likeness (QED) is 0.372. The first kappa shape index (κ1) is 8.78. The zero-order valence-corrected chi connectivity index (χ0v) is 7.34. The summed E-state index contributed by atoms with van der Waals surface area (Å²) in [6.45, 7) is 0.628. The smallest absolute Gasteiger partial charge is 0.156 e. The highest BCUT2D eigenvalue weighted by atomic mass is 17.2. The van der Waals surface area contributed by atoms with E-state index in [0.717, 1.165) is 5.57 Å². The predicted octanol–water partition coefficient (Wildman–Crippen LogP) is 0.206. The molecule has 4 rings (SSSR count). The van der Waals surface area contributed by atoms with Crippen LogP contribution in [0.15, 0.2) is 11.6 Å². The minimum absolute atomic E-state index is 0.255. The molecular formula is C8H10O6. The lowest BCUT2D eigenvalue weighted by Gasteiger charge is -2.47. The van der Waals surface area contributed by atoms with E-state index in [1.54, 1.807) is 0 Å². The molecule has 6 heteroatoms. The van der Waals surface area contributed by atoms with Crippen molar-refractivity contribution in [2.45, 2.75) is 24.2 Å². The summed E-state index contributed by atoms with van der Waals surface area (Å²) in [6.07, 6.45) is 1.62. The van der Waals surface area contributed by atoms with E-state index < -0.39 is 11.7 Å². The van der Waals surface area contributed by atoms with E-state index in [0.29, 0.717) is 13.0 Å². The van der Waals surface area contributed by atoms with E-state index in [1.807, 2.05) is 6.08 Å². The van der Waals surface area contributed by atoms with Crippen LogP contribution < -0.4 is 0 Å². The van der Waals surface area contributed by atoms with Crippen LogP contribution in [-0.4, -0.2) is 36.3 Å². The summed E-state index contributed by atoms with van der Waals surface area (Å²) in [6, 6.07) is 0. The monoisotopic (exact) mass is 202 g/mol. The van der Waals surface area contributed by atoms with Crippen molar-refractivity contribution in [1.29, 1.82) is 0 Å². The van der Waals surface area contributed by atoms with Crippen molar-refractivity contribution in [3.05, 3.63) is 11.6 Å². The summed E-state index contributed by atoms with van der Waals surface area (Å²) < 4.78 is 0. The second kappa shape index (κ2) is 2.99. The molecular weight excluding hydrogens is 192 g/mol. The third-order valence-electron chi connectivity index (χ3n) is 2.89. The Kier molecular flexibility index (Phi) is 1.88. The molecule has 2 fully saturated rings. The maximum absolute atomic E-state index is 8.66. The minimum atomic E-state index is -0.638. The van der Waals surface area contributed by atoms with E-state index in [2.05, 4.69) is 4.89 Å². The summed E-state index contributed by atoms with van der Waals surface area (Å²) in [7, 11) is 0. The SMILES string of the molecule is OO[C@@H]1C[C@]23COOCC2=C[C@H]1OO3. The fraction of sp³-hybridized carbons (Fsp3) is 0.750. The second-order valence-electron chi connectivity index (χ2n) is 3.70. The molecule has 0 amide bonds. The molecule has 1 spiro atoms. The summed E-state index contributed by atoms with van der Waals surface area (Å²) in [4.78, 5) is 24.3. The maximum Gasteiger partial charge on any atom is 0.156 e. The Hall–Kier alpha value is -0.500. The molecule has 0 saturated carbocycles. The van der Waals surface area contributed by atoms with E-state index in [1.165, 1.54) is 0 Å². The molecule has 2 saturated heterocycles. The predicted molar refractivity (Wildman–Crippen MR) is 40.8 cm³/mol. The van der Waals surface area contributed by atoms with Gasteiger partial charge in [-0.2, -0.15) is 0 Å². The van der Waals surface area contributed by atoms with E-state index in [-0.39, 0.29) is 12.7 Å². The summed E-state index contributed by atoms with van der Waals surface area (Å²) in [5.74, 6) is 0. The first-order chi connectivity index (χ1) is 6.84. The Morgan fingerprint density at radius 2 is 2.43 bits per heavy atom. The zero-order valence-electron chi connectivity index (χ0n) is 7.34. The molecule has 1 aliphatic carbocycles. The fourth-order valence-electron chi connectivity index (χ4n) is 2.05. The van der Waals surface area contributed by atoms with Crippen molar-refractivity contribution >= 4 is 0 Å². The van der Waals surface area contributed by atoms with Crippen LogP contribution in [-0.2, 0) is 24.4 Å². The molecule has 0 aromatic carbocycles. The molecule has 78 valence electrons. The summed E-state index contributed by atoms with van der Waals surface area (Å²) in [5, 5.41) is 8.66. The van der Waals surface area contributed by atoms with Crippen LogP contribution in [0.4, 0.5) is 0 Å². The molecule has 1 N–H and O–H groups in total. The van der Waals surface area contributed by atoms with Crippen molar-refractivity contribution in [3.63, 3.8) is 0 Å². The van der Waals surface area contributed by atoms with Crippen molar-refractivity contribution < 1.29 is 29.7 Å². The van der Waals surface area contributed by atoms with E-state index >= 15 is 0 Å². The first-order valence-electron chi connectivity index (χ1n) is 4.44. The standard InChI is InChI=1S/C8H10O6/c9-12-7-2-8-4-11-10-3-5(8)1-6(7)13-14-8/h1,6-7,9H,2-4H2/t6-,7-,8+/m1/s1. The molecule has 6 nitrogen and oxygen atoms in total. The Labute approximate surface area is 79.7 Å². The van der Waals surface area contributed by atoms with Crippen molar-refractivity contribution in [3.8, 4) is 0 Å². The van der Waals surface area contributed by atoms with Crippen LogP contribution in [0.5, 0.6) is 0 Å². The molecule has 3 aliphatic heterocycles. The Balaban J connectivity index is 1.95. The van der Waals surface area contributed by atoms with Crippen LogP contribution >= 0.6 is 0 Å². The number of hydrogen-bond acceptors (Lipinski definition) is 6. The second-order valence-corrected chi connectivity index (χ2v) is 3.70. The van der Waals surface area contributed by atoms with Crippen molar-refractivity contribution in [1.82, 2.24) is 0 Å². The summed E-state index contributed by atoms with van der Waals surface area (Å²) >= 11 is 0. The third-order valence-corrected chi connectivity index (χ3v) is 2.89. The number of rotatable bonds is 1. The fourth-order valence-corrected chi connectivity index (χ4v) is 2.05. The van der Waals surface area contributed by atoms with Crippen LogP contribution in [0.25, 0.3) is 0 Å². The van der Waals surface area contributed by atoms with Crippen molar-refractivity contribution in [2.24, 2.45) is 0 Å². The molecule has 0 unspecified atom stereocenters. The number of fused-ring (bicyclic) bond motifs is 2. The maximum atomic E-state index is 8.66. The van der Waals surface area contributed by atoms with Gasteiger partial charge in [-0.3, -0.25) is 5.26 Å². The van der Waals surface area contributed by atoms with Gasteiger partial charge in [-0.05, 0) is 11.6 Å². The Morgan fingerprint density at radius 1 is 1.50 bits per heavy atom. The van der Waals surface area contributed by atoms with Crippen molar-refractivity contribution in [2.75, 3.05) is 13.2 Å². The zero-order chi connectivity index (χ0) is 9.60. The molecule has 3 heterocycles. The van der Waals surface area contributed by atoms with Gasteiger partial charge in [0.2, 0.25) is 0 Å². The average molecular weight is 202 g/mol. The van der Waals surface area contributed by atoms with Gasteiger partial charge in [0.25, 0.3) is 0 Å². The van der Waals surface area contributed by atoms with Gasteiger partial charge in [0, 0.05) is 6.42 Å². The molecule has 2 bridgehead atoms. The highest BCUT2D eigenvalue weighted by Crippen LogP contribution is 2.42. The largest absolute Gasteiger partial charge is 0.251 e. The van der Waals surface area contributed by atoms with E-state index in [4.69, 9.17) is 24.8 Å². The van der Waals surface area contributed by atoms with Gasteiger partial charge in [0.15, 0.2) is 5.60 Å². The average Bonchev–Trinajstić information content (AvgIpc) is 2.27. The van der Waals surface area contributed by atoms with Gasteiger partial charge in [-0.15, -0.1) is 0 Å². The lowest BCUT2D eigenvalue weighted by molar-refractivity contribution is -0.472. The topological polar surface area (TPSA) is 66.4 Å². The van der Waals surface area contributed by atoms with Gasteiger partial charge < -0.3 is 0 Å². The van der Waals surface area contributed by atoms with Crippen LogP contribution in [0.1, 0.15) is 6.42 Å². The minimum Gasteiger partial charge on any atom is -0.251 e. The first-order valence-corrected chi connectivity index (χ1v) is 4.44. The molecule has 0 radical (unpaired) electrons. The number of hydrogen-bond donors (Lipinski definition) is 1. The van der Waals surface area contributed by atoms with Crippen LogP contribution in [0, 0.1) is 0 Å². The van der Waals surface area contributed by atoms with Gasteiger partial charge in [-0.25, -0.2) is 24.4 Å². The summed E-state index contributed by atoms with van der Waals surface area (Å²) in [5.41, 5.74) is 0.355. The lowest BCUT2D eigenvalue weighted by atomic mass is 9.80. The van der Waals surface area contributed by atoms with Gasteiger partial charge >= 0.3 is 0 Å². The molecule has 0 aromatic heterocycles. The molecule has 0 aromatic rings. The normalized spacial score (nSPS) is 45.9. The lowest BCUT2D eigenvalue weighted by Crippen LogP contribution is -2.58. The highest BCUT2D eigenvalue weighted by Gasteiger charge is 2.53. The Morgan fingerprint density at radius 3 is 3.29 bits per heavy atom. The van der Waals surface area contributed by atoms with Crippen LogP contribution in [0.2, 0.25) is 0 Å². The highest BCUT2D eigenvalue weighted by molar-refractivity contribution is 5.27. The molecule has 3 atom stereocenters. The van der Waals surface area contributed by atoms with E-state index in [9.17, 15) is 0 Å². The molecule has 4 aliphatic rings. The van der Waals surface area contributed by atoms with Gasteiger partial charge in [-0.1, -0.05) is 0 Å². The molecule has 14 heavy (non-hydrogen) atoms. The van der Waals surface area contributed by atoms with Crippen LogP contribution in [0.3, 0.4) is 0 Å². The van der Waals surface area contributed by atoms with Gasteiger partial charge in [0.1, 0.15) is 25.4 Å². The Bertz CT molecular complexity index is 277.